The highest BCUT2D eigenvalue weighted by atomic mass is 79.9. The third kappa shape index (κ3) is 3.04. The summed E-state index contributed by atoms with van der Waals surface area (Å²) in [6.45, 7) is 3.31. The Bertz CT molecular complexity index is 435. The topological polar surface area (TPSA) is 40.5 Å². The van der Waals surface area contributed by atoms with E-state index in [0.717, 1.165) is 0 Å². The molecule has 0 spiro atoms. The number of aliphatic hydroxyl groups excluding tert-OH is 1. The second kappa shape index (κ2) is 5.14. The maximum atomic E-state index is 13.3. The van der Waals surface area contributed by atoms with E-state index in [9.17, 15) is 14.3 Å². The van der Waals surface area contributed by atoms with Gasteiger partial charge in [0.25, 0.3) is 5.91 Å². The van der Waals surface area contributed by atoms with Gasteiger partial charge in [0.05, 0.1) is 16.6 Å². The number of carbonyl (C=O) groups excluding carboxylic acids is 1. The Morgan fingerprint density at radius 3 is 2.59 bits per heavy atom. The van der Waals surface area contributed by atoms with E-state index < -0.39 is 11.4 Å². The number of hydrogen-bond acceptors (Lipinski definition) is 2. The van der Waals surface area contributed by atoms with Crippen LogP contribution in [0.5, 0.6) is 0 Å². The Labute approximate surface area is 108 Å². The molecule has 0 atom stereocenters. The van der Waals surface area contributed by atoms with Crippen molar-refractivity contribution in [1.29, 1.82) is 0 Å². The molecule has 0 aliphatic rings. The molecule has 0 saturated heterocycles. The Kier molecular flexibility index (Phi) is 4.27. The van der Waals surface area contributed by atoms with Gasteiger partial charge in [0.15, 0.2) is 0 Å². The summed E-state index contributed by atoms with van der Waals surface area (Å²) >= 11 is 3.03. The first-order chi connectivity index (χ1) is 7.79. The van der Waals surface area contributed by atoms with Crippen molar-refractivity contribution in [2.24, 2.45) is 0 Å². The van der Waals surface area contributed by atoms with E-state index in [1.807, 2.05) is 0 Å². The minimum atomic E-state index is -0.680. The zero-order valence-electron chi connectivity index (χ0n) is 10.00. The molecule has 0 fully saturated rings. The lowest BCUT2D eigenvalue weighted by molar-refractivity contribution is 0.0473. The molecular formula is C12H15BrFNO2. The third-order valence-electron chi connectivity index (χ3n) is 2.77. The molecule has 0 bridgehead atoms. The average Bonchev–Trinajstić information content (AvgIpc) is 2.30. The number of carbonyl (C=O) groups is 1. The van der Waals surface area contributed by atoms with E-state index in [4.69, 9.17) is 0 Å². The van der Waals surface area contributed by atoms with Gasteiger partial charge in [0.1, 0.15) is 5.82 Å². The summed E-state index contributed by atoms with van der Waals surface area (Å²) in [7, 11) is 1.58. The minimum absolute atomic E-state index is 0.158. The van der Waals surface area contributed by atoms with Crippen LogP contribution in [-0.2, 0) is 0 Å². The van der Waals surface area contributed by atoms with Crippen LogP contribution in [0.15, 0.2) is 22.7 Å². The van der Waals surface area contributed by atoms with Gasteiger partial charge < -0.3 is 10.0 Å². The van der Waals surface area contributed by atoms with Crippen LogP contribution in [0.2, 0.25) is 0 Å². The summed E-state index contributed by atoms with van der Waals surface area (Å²) in [5.74, 6) is -0.804. The van der Waals surface area contributed by atoms with E-state index in [1.54, 1.807) is 27.0 Å². The molecule has 0 saturated carbocycles. The minimum Gasteiger partial charge on any atom is -0.394 e. The van der Waals surface area contributed by atoms with Crippen molar-refractivity contribution in [2.45, 2.75) is 19.4 Å². The van der Waals surface area contributed by atoms with Gasteiger partial charge in [0, 0.05) is 12.6 Å². The highest BCUT2D eigenvalue weighted by Gasteiger charge is 2.27. The molecule has 1 aromatic rings. The Morgan fingerprint density at radius 1 is 1.53 bits per heavy atom. The van der Waals surface area contributed by atoms with Crippen LogP contribution in [0.25, 0.3) is 0 Å². The van der Waals surface area contributed by atoms with Crippen LogP contribution in [-0.4, -0.2) is 35.1 Å². The van der Waals surface area contributed by atoms with Crippen molar-refractivity contribution in [3.05, 3.63) is 34.1 Å². The number of amides is 1. The van der Waals surface area contributed by atoms with Gasteiger partial charge in [-0.15, -0.1) is 0 Å². The van der Waals surface area contributed by atoms with Crippen molar-refractivity contribution >= 4 is 21.8 Å². The first-order valence-corrected chi connectivity index (χ1v) is 5.93. The summed E-state index contributed by atoms with van der Waals surface area (Å²) in [5.41, 5.74) is -0.421. The average molecular weight is 304 g/mol. The fourth-order valence-electron chi connectivity index (χ4n) is 1.20. The molecule has 1 amide bonds. The molecule has 0 radical (unpaired) electrons. The molecule has 0 aromatic heterocycles. The maximum absolute atomic E-state index is 13.3. The van der Waals surface area contributed by atoms with Gasteiger partial charge in [-0.05, 0) is 48.0 Å². The molecule has 0 aliphatic carbocycles. The largest absolute Gasteiger partial charge is 0.394 e. The summed E-state index contributed by atoms with van der Waals surface area (Å²) in [6.07, 6.45) is 0. The monoisotopic (exact) mass is 303 g/mol. The highest BCUT2D eigenvalue weighted by Crippen LogP contribution is 2.20. The van der Waals surface area contributed by atoms with Crippen LogP contribution in [0.4, 0.5) is 4.39 Å². The lowest BCUT2D eigenvalue weighted by Gasteiger charge is -2.34. The summed E-state index contributed by atoms with van der Waals surface area (Å²) in [5, 5.41) is 9.18. The van der Waals surface area contributed by atoms with E-state index in [-0.39, 0.29) is 18.1 Å². The van der Waals surface area contributed by atoms with Gasteiger partial charge in [0.2, 0.25) is 0 Å². The molecule has 1 aromatic carbocycles. The second-order valence-corrected chi connectivity index (χ2v) is 5.32. The Balaban J connectivity index is 3.01. The molecule has 0 aliphatic heterocycles. The fourth-order valence-corrected chi connectivity index (χ4v) is 1.45. The third-order valence-corrected chi connectivity index (χ3v) is 3.41. The van der Waals surface area contributed by atoms with Crippen molar-refractivity contribution < 1.29 is 14.3 Å². The zero-order valence-corrected chi connectivity index (χ0v) is 11.6. The molecule has 94 valence electrons. The van der Waals surface area contributed by atoms with Gasteiger partial charge in [-0.25, -0.2) is 4.39 Å². The van der Waals surface area contributed by atoms with Crippen molar-refractivity contribution in [3.63, 3.8) is 0 Å². The summed E-state index contributed by atoms with van der Waals surface area (Å²) in [6, 6.07) is 4.21. The van der Waals surface area contributed by atoms with E-state index in [1.165, 1.54) is 17.0 Å². The molecule has 1 N–H and O–H groups in total. The summed E-state index contributed by atoms with van der Waals surface area (Å²) in [4.78, 5) is 13.4. The number of halogens is 2. The maximum Gasteiger partial charge on any atom is 0.254 e. The van der Waals surface area contributed by atoms with Crippen LogP contribution in [0.3, 0.4) is 0 Å². The molecule has 17 heavy (non-hydrogen) atoms. The molecule has 0 heterocycles. The van der Waals surface area contributed by atoms with Gasteiger partial charge >= 0.3 is 0 Å². The molecule has 0 unspecified atom stereocenters. The number of rotatable bonds is 3. The number of nitrogens with zero attached hydrogens (tertiary/aromatic N) is 1. The lowest BCUT2D eigenvalue weighted by Crippen LogP contribution is -2.47. The van der Waals surface area contributed by atoms with Crippen molar-refractivity contribution in [1.82, 2.24) is 4.90 Å². The first-order valence-electron chi connectivity index (χ1n) is 5.13. The van der Waals surface area contributed by atoms with E-state index in [2.05, 4.69) is 15.9 Å². The number of likely N-dealkylation sites (N-methyl/N-ethyl adjacent to an activating group) is 1. The van der Waals surface area contributed by atoms with Crippen molar-refractivity contribution in [3.8, 4) is 0 Å². The first kappa shape index (κ1) is 14.1. The zero-order chi connectivity index (χ0) is 13.2. The summed E-state index contributed by atoms with van der Waals surface area (Å²) < 4.78 is 13.6. The van der Waals surface area contributed by atoms with Crippen LogP contribution in [0, 0.1) is 5.82 Å². The second-order valence-electron chi connectivity index (χ2n) is 4.46. The predicted molar refractivity (Wildman–Crippen MR) is 67.4 cm³/mol. The molecule has 5 heteroatoms. The quantitative estimate of drug-likeness (QED) is 0.932. The van der Waals surface area contributed by atoms with Crippen LogP contribution >= 0.6 is 15.9 Å². The lowest BCUT2D eigenvalue weighted by atomic mass is 10.0. The standard InChI is InChI=1S/C12H15BrFNO2/c1-12(2,7-16)15(3)11(17)8-4-5-9(13)10(14)6-8/h4-6,16H,7H2,1-3H3. The highest BCUT2D eigenvalue weighted by molar-refractivity contribution is 9.10. The van der Waals surface area contributed by atoms with Crippen LogP contribution in [0.1, 0.15) is 24.2 Å². The van der Waals surface area contributed by atoms with Crippen LogP contribution < -0.4 is 0 Å². The Morgan fingerprint density at radius 2 is 2.12 bits per heavy atom. The van der Waals surface area contributed by atoms with Gasteiger partial charge in [-0.2, -0.15) is 0 Å². The van der Waals surface area contributed by atoms with E-state index >= 15 is 0 Å². The normalized spacial score (nSPS) is 11.4. The van der Waals surface area contributed by atoms with Gasteiger partial charge in [-0.3, -0.25) is 4.79 Å². The number of aliphatic hydroxyl groups is 1. The molecule has 1 rings (SSSR count). The van der Waals surface area contributed by atoms with Gasteiger partial charge in [-0.1, -0.05) is 0 Å². The number of benzene rings is 1. The molecular weight excluding hydrogens is 289 g/mol. The van der Waals surface area contributed by atoms with E-state index in [0.29, 0.717) is 4.47 Å². The fraction of sp³-hybridized carbons (Fsp3) is 0.417. The van der Waals surface area contributed by atoms with Crippen molar-refractivity contribution in [2.75, 3.05) is 13.7 Å². The SMILES string of the molecule is CN(C(=O)c1ccc(Br)c(F)c1)C(C)(C)CO. The Hall–Kier alpha value is -0.940. The predicted octanol–water partition coefficient (Wildman–Crippen LogP) is 2.43. The smallest absolute Gasteiger partial charge is 0.254 e. The molecule has 3 nitrogen and oxygen atoms in total. The number of hydrogen-bond donors (Lipinski definition) is 1.